The number of primary amides is 1. The molecule has 1 aliphatic rings. The molecule has 0 saturated carbocycles. The summed E-state index contributed by atoms with van der Waals surface area (Å²) in [5.74, 6) is 1.06. The van der Waals surface area contributed by atoms with E-state index in [4.69, 9.17) is 5.73 Å². The summed E-state index contributed by atoms with van der Waals surface area (Å²) in [6.07, 6.45) is 4.19. The zero-order valence-electron chi connectivity index (χ0n) is 13.9. The summed E-state index contributed by atoms with van der Waals surface area (Å²) in [6, 6.07) is 12.5. The molecule has 1 aliphatic heterocycles. The summed E-state index contributed by atoms with van der Waals surface area (Å²) < 4.78 is 0. The molecular formula is C19H20N4OS. The molecule has 3 aromatic rings. The van der Waals surface area contributed by atoms with Crippen molar-refractivity contribution in [2.75, 3.05) is 18.0 Å². The predicted octanol–water partition coefficient (Wildman–Crippen LogP) is 3.45. The number of hydrogen-bond donors (Lipinski definition) is 1. The number of thiophene rings is 1. The van der Waals surface area contributed by atoms with E-state index >= 15 is 0 Å². The molecule has 5 nitrogen and oxygen atoms in total. The van der Waals surface area contributed by atoms with Gasteiger partial charge in [-0.25, -0.2) is 9.97 Å². The number of fused-ring (bicyclic) bond motifs is 1. The van der Waals surface area contributed by atoms with E-state index < -0.39 is 0 Å². The molecule has 1 saturated heterocycles. The highest BCUT2D eigenvalue weighted by Gasteiger charge is 2.24. The molecule has 1 atom stereocenters. The normalized spacial score (nSPS) is 17.8. The molecule has 0 aliphatic carbocycles. The largest absolute Gasteiger partial charge is 0.370 e. The molecule has 1 fully saturated rings. The molecule has 25 heavy (non-hydrogen) atoms. The summed E-state index contributed by atoms with van der Waals surface area (Å²) in [6.45, 7) is 1.78. The third kappa shape index (κ3) is 3.35. The lowest BCUT2D eigenvalue weighted by atomic mass is 9.94. The number of rotatable bonds is 4. The van der Waals surface area contributed by atoms with Crippen LogP contribution < -0.4 is 10.6 Å². The van der Waals surface area contributed by atoms with Crippen molar-refractivity contribution >= 4 is 33.3 Å². The van der Waals surface area contributed by atoms with E-state index in [9.17, 15) is 4.79 Å². The summed E-state index contributed by atoms with van der Waals surface area (Å²) in [4.78, 5) is 24.8. The van der Waals surface area contributed by atoms with Gasteiger partial charge in [-0.05, 0) is 30.4 Å². The molecule has 128 valence electrons. The maximum absolute atomic E-state index is 11.3. The fraction of sp³-hybridized carbons (Fsp3) is 0.316. The van der Waals surface area contributed by atoms with Gasteiger partial charge in [-0.3, -0.25) is 4.79 Å². The lowest BCUT2D eigenvalue weighted by Crippen LogP contribution is -2.37. The standard InChI is InChI=1S/C19H20N4OS/c20-17(24)9-13-5-4-8-23(11-13)18-15-10-16(14-6-2-1-3-7-14)25-19(15)22-12-21-18/h1-3,6-7,10,12-13H,4-5,8-9,11H2,(H2,20,24). The van der Waals surface area contributed by atoms with E-state index in [0.29, 0.717) is 12.3 Å². The number of anilines is 1. The minimum Gasteiger partial charge on any atom is -0.370 e. The van der Waals surface area contributed by atoms with Crippen molar-refractivity contribution in [3.05, 3.63) is 42.7 Å². The van der Waals surface area contributed by atoms with E-state index in [1.54, 1.807) is 17.7 Å². The summed E-state index contributed by atoms with van der Waals surface area (Å²) >= 11 is 1.69. The van der Waals surface area contributed by atoms with Crippen LogP contribution >= 0.6 is 11.3 Å². The molecule has 3 heterocycles. The third-order valence-electron chi connectivity index (χ3n) is 4.68. The first kappa shape index (κ1) is 16.0. The van der Waals surface area contributed by atoms with Crippen LogP contribution in [0.25, 0.3) is 20.7 Å². The second kappa shape index (κ2) is 6.80. The minimum absolute atomic E-state index is 0.221. The number of carbonyl (C=O) groups excluding carboxylic acids is 1. The third-order valence-corrected chi connectivity index (χ3v) is 5.77. The molecule has 0 bridgehead atoms. The van der Waals surface area contributed by atoms with Gasteiger partial charge in [0.2, 0.25) is 5.91 Å². The number of hydrogen-bond acceptors (Lipinski definition) is 5. The van der Waals surface area contributed by atoms with Crippen LogP contribution in [0.5, 0.6) is 0 Å². The number of benzene rings is 1. The first-order valence-corrected chi connectivity index (χ1v) is 9.35. The minimum atomic E-state index is -0.221. The Balaban J connectivity index is 1.68. The Labute approximate surface area is 150 Å². The van der Waals surface area contributed by atoms with E-state index in [1.165, 1.54) is 10.4 Å². The number of nitrogens with two attached hydrogens (primary N) is 1. The average molecular weight is 352 g/mol. The second-order valence-electron chi connectivity index (χ2n) is 6.52. The van der Waals surface area contributed by atoms with Gasteiger partial charge in [-0.2, -0.15) is 0 Å². The van der Waals surface area contributed by atoms with Gasteiger partial charge in [0.05, 0.1) is 5.39 Å². The predicted molar refractivity (Wildman–Crippen MR) is 102 cm³/mol. The van der Waals surface area contributed by atoms with Crippen molar-refractivity contribution < 1.29 is 4.79 Å². The molecule has 4 rings (SSSR count). The number of carbonyl (C=O) groups is 1. The SMILES string of the molecule is NC(=O)CC1CCCN(c2ncnc3sc(-c4ccccc4)cc23)C1. The Morgan fingerprint density at radius 2 is 2.12 bits per heavy atom. The van der Waals surface area contributed by atoms with Crippen molar-refractivity contribution in [3.63, 3.8) is 0 Å². The lowest BCUT2D eigenvalue weighted by Gasteiger charge is -2.33. The second-order valence-corrected chi connectivity index (χ2v) is 7.55. The Hall–Kier alpha value is -2.47. The fourth-order valence-electron chi connectivity index (χ4n) is 3.55. The topological polar surface area (TPSA) is 72.1 Å². The Morgan fingerprint density at radius 3 is 2.92 bits per heavy atom. The Morgan fingerprint density at radius 1 is 1.28 bits per heavy atom. The smallest absolute Gasteiger partial charge is 0.217 e. The van der Waals surface area contributed by atoms with Gasteiger partial charge in [-0.15, -0.1) is 11.3 Å². The molecule has 0 radical (unpaired) electrons. The molecule has 2 aromatic heterocycles. The molecule has 1 unspecified atom stereocenters. The van der Waals surface area contributed by atoms with Crippen LogP contribution in [-0.2, 0) is 4.79 Å². The summed E-state index contributed by atoms with van der Waals surface area (Å²) in [5, 5.41) is 1.09. The maximum atomic E-state index is 11.3. The van der Waals surface area contributed by atoms with Gasteiger partial charge in [0.25, 0.3) is 0 Å². The van der Waals surface area contributed by atoms with Gasteiger partial charge in [0, 0.05) is 24.4 Å². The lowest BCUT2D eigenvalue weighted by molar-refractivity contribution is -0.118. The van der Waals surface area contributed by atoms with Crippen LogP contribution in [0, 0.1) is 5.92 Å². The van der Waals surface area contributed by atoms with Gasteiger partial charge in [-0.1, -0.05) is 30.3 Å². The molecule has 1 amide bonds. The van der Waals surface area contributed by atoms with Crippen molar-refractivity contribution in [3.8, 4) is 10.4 Å². The van der Waals surface area contributed by atoms with Crippen LogP contribution in [-0.4, -0.2) is 29.0 Å². The van der Waals surface area contributed by atoms with Crippen LogP contribution in [0.1, 0.15) is 19.3 Å². The molecule has 6 heteroatoms. The van der Waals surface area contributed by atoms with Crippen molar-refractivity contribution in [2.24, 2.45) is 11.7 Å². The van der Waals surface area contributed by atoms with Crippen molar-refractivity contribution in [1.29, 1.82) is 0 Å². The van der Waals surface area contributed by atoms with Crippen LogP contribution in [0.4, 0.5) is 5.82 Å². The van der Waals surface area contributed by atoms with Gasteiger partial charge >= 0.3 is 0 Å². The van der Waals surface area contributed by atoms with Crippen LogP contribution in [0.15, 0.2) is 42.7 Å². The first-order valence-electron chi connectivity index (χ1n) is 8.54. The molecule has 0 spiro atoms. The summed E-state index contributed by atoms with van der Waals surface area (Å²) in [5.41, 5.74) is 6.58. The van der Waals surface area contributed by atoms with E-state index in [0.717, 1.165) is 42.0 Å². The highest BCUT2D eigenvalue weighted by molar-refractivity contribution is 7.21. The monoisotopic (exact) mass is 352 g/mol. The van der Waals surface area contributed by atoms with E-state index in [2.05, 4.69) is 33.1 Å². The van der Waals surface area contributed by atoms with Crippen LogP contribution in [0.2, 0.25) is 0 Å². The number of aromatic nitrogens is 2. The van der Waals surface area contributed by atoms with Crippen molar-refractivity contribution in [2.45, 2.75) is 19.3 Å². The Kier molecular flexibility index (Phi) is 4.36. The quantitative estimate of drug-likeness (QED) is 0.780. The number of amides is 1. The highest BCUT2D eigenvalue weighted by atomic mass is 32.1. The number of piperidine rings is 1. The summed E-state index contributed by atoms with van der Waals surface area (Å²) in [7, 11) is 0. The van der Waals surface area contributed by atoms with Gasteiger partial charge < -0.3 is 10.6 Å². The average Bonchev–Trinajstić information content (AvgIpc) is 3.06. The fourth-order valence-corrected chi connectivity index (χ4v) is 4.55. The van der Waals surface area contributed by atoms with Crippen molar-refractivity contribution in [1.82, 2.24) is 9.97 Å². The molecule has 2 N–H and O–H groups in total. The van der Waals surface area contributed by atoms with E-state index in [1.807, 2.05) is 18.2 Å². The molecule has 1 aromatic carbocycles. The van der Waals surface area contributed by atoms with Gasteiger partial charge in [0.15, 0.2) is 0 Å². The highest BCUT2D eigenvalue weighted by Crippen LogP contribution is 2.37. The number of nitrogens with zero attached hydrogens (tertiary/aromatic N) is 3. The van der Waals surface area contributed by atoms with Gasteiger partial charge in [0.1, 0.15) is 17.0 Å². The first-order chi connectivity index (χ1) is 12.2. The zero-order chi connectivity index (χ0) is 17.2. The van der Waals surface area contributed by atoms with E-state index in [-0.39, 0.29) is 5.91 Å². The van der Waals surface area contributed by atoms with Crippen LogP contribution in [0.3, 0.4) is 0 Å². The Bertz CT molecular complexity index is 893. The maximum Gasteiger partial charge on any atom is 0.217 e. The molecular weight excluding hydrogens is 332 g/mol. The zero-order valence-corrected chi connectivity index (χ0v) is 14.7.